The fourth-order valence-corrected chi connectivity index (χ4v) is 4.46. The summed E-state index contributed by atoms with van der Waals surface area (Å²) in [5.74, 6) is 6.85. The molecule has 1 heterocycles. The smallest absolute Gasteiger partial charge is 0.434 e. The van der Waals surface area contributed by atoms with Gasteiger partial charge in [0, 0.05) is 18.5 Å². The number of ether oxygens (including phenoxy) is 2. The predicted octanol–water partition coefficient (Wildman–Crippen LogP) is 4.69. The highest BCUT2D eigenvalue weighted by atomic mass is 35.5. The van der Waals surface area contributed by atoms with Gasteiger partial charge in [-0.15, -0.1) is 15.2 Å². The summed E-state index contributed by atoms with van der Waals surface area (Å²) in [5, 5.41) is 14.5. The van der Waals surface area contributed by atoms with Crippen molar-refractivity contribution < 1.29 is 29.0 Å². The number of halogens is 1. The molecular weight excluding hydrogens is 594 g/mol. The maximum Gasteiger partial charge on any atom is 0.510 e. The van der Waals surface area contributed by atoms with Crippen molar-refractivity contribution in [1.29, 1.82) is 0 Å². The van der Waals surface area contributed by atoms with Crippen molar-refractivity contribution in [3.8, 4) is 11.1 Å². The first-order valence-electron chi connectivity index (χ1n) is 14.0. The van der Waals surface area contributed by atoms with Gasteiger partial charge in [0.05, 0.1) is 13.2 Å². The summed E-state index contributed by atoms with van der Waals surface area (Å²) in [4.78, 5) is 42.4. The van der Waals surface area contributed by atoms with Gasteiger partial charge in [-0.1, -0.05) is 73.5 Å². The van der Waals surface area contributed by atoms with E-state index in [1.54, 1.807) is 6.07 Å². The molecule has 2 aromatic carbocycles. The number of aryl methyl sites for hydroxylation is 1. The lowest BCUT2D eigenvalue weighted by Gasteiger charge is -2.21. The number of hydrogen-bond donors (Lipinski definition) is 2. The van der Waals surface area contributed by atoms with Gasteiger partial charge in [0.15, 0.2) is 17.3 Å². The van der Waals surface area contributed by atoms with Gasteiger partial charge < -0.3 is 24.6 Å². The third kappa shape index (κ3) is 9.67. The van der Waals surface area contributed by atoms with Gasteiger partial charge in [-0.25, -0.2) is 15.6 Å². The lowest BCUT2D eigenvalue weighted by Crippen LogP contribution is -2.40. The first-order chi connectivity index (χ1) is 21.1. The number of imidazole rings is 1. The molecule has 15 heteroatoms. The number of nitrogens with two attached hydrogens (primary N) is 2. The van der Waals surface area contributed by atoms with E-state index in [0.717, 1.165) is 53.2 Å². The Kier molecular flexibility index (Phi) is 12.9. The molecule has 0 aliphatic rings. The van der Waals surface area contributed by atoms with Crippen molar-refractivity contribution in [1.82, 2.24) is 14.7 Å². The number of amidine groups is 1. The third-order valence-corrected chi connectivity index (χ3v) is 6.81. The monoisotopic (exact) mass is 629 g/mol. The van der Waals surface area contributed by atoms with Crippen LogP contribution in [0.3, 0.4) is 0 Å². The van der Waals surface area contributed by atoms with E-state index in [4.69, 9.17) is 32.7 Å². The lowest BCUT2D eigenvalue weighted by atomic mass is 9.98. The average molecular weight is 630 g/mol. The van der Waals surface area contributed by atoms with Crippen molar-refractivity contribution >= 4 is 29.9 Å². The van der Waals surface area contributed by atoms with E-state index < -0.39 is 17.5 Å². The molecule has 0 bridgehead atoms. The van der Waals surface area contributed by atoms with Gasteiger partial charge in [0.1, 0.15) is 11.5 Å². The number of hydrazine groups is 1. The molecule has 0 aliphatic heterocycles. The van der Waals surface area contributed by atoms with E-state index in [2.05, 4.69) is 21.8 Å². The maximum absolute atomic E-state index is 12.0. The number of nitrogens with zero attached hydrogens (tertiary/aromatic N) is 5. The molecule has 1 atom stereocenters. The summed E-state index contributed by atoms with van der Waals surface area (Å²) < 4.78 is 11.9. The second-order valence-corrected chi connectivity index (χ2v) is 10.1. The predicted molar refractivity (Wildman–Crippen MR) is 163 cm³/mol. The number of carbonyl (C=O) groups excluding carboxylic acids is 2. The fraction of sp³-hybridized carbons (Fsp3) is 0.379. The highest BCUT2D eigenvalue weighted by Gasteiger charge is 2.18. The van der Waals surface area contributed by atoms with E-state index in [1.807, 2.05) is 47.0 Å². The highest BCUT2D eigenvalue weighted by Crippen LogP contribution is 2.25. The molecule has 3 rings (SSSR count). The van der Waals surface area contributed by atoms with Crippen molar-refractivity contribution in [3.05, 3.63) is 86.4 Å². The first-order valence-corrected chi connectivity index (χ1v) is 14.4. The molecule has 0 saturated carbocycles. The normalized spacial score (nSPS) is 12.0. The van der Waals surface area contributed by atoms with Gasteiger partial charge in [-0.2, -0.15) is 5.12 Å². The fourth-order valence-electron chi connectivity index (χ4n) is 4.21. The SMILES string of the molecule is CCCCc1nc(Cl)c(C=O)n1Cc1ccc(-c2ccccc2/C(N)=N/N(N)C(C)OC(=O)OCCCCO[N+](=O)[O-])cc1. The Labute approximate surface area is 259 Å². The minimum Gasteiger partial charge on any atom is -0.434 e. The van der Waals surface area contributed by atoms with E-state index in [-0.39, 0.29) is 24.2 Å². The van der Waals surface area contributed by atoms with Crippen LogP contribution in [-0.4, -0.2) is 57.5 Å². The zero-order valence-corrected chi connectivity index (χ0v) is 25.3. The van der Waals surface area contributed by atoms with Crippen LogP contribution in [-0.2, 0) is 27.3 Å². The number of unbranched alkanes of at least 4 members (excludes halogenated alkanes) is 2. The van der Waals surface area contributed by atoms with Crippen LogP contribution in [0.2, 0.25) is 5.15 Å². The van der Waals surface area contributed by atoms with Crippen LogP contribution >= 0.6 is 11.6 Å². The Morgan fingerprint density at radius 1 is 1.18 bits per heavy atom. The van der Waals surface area contributed by atoms with Crippen molar-refractivity contribution in [2.75, 3.05) is 13.2 Å². The van der Waals surface area contributed by atoms with E-state index in [1.165, 1.54) is 6.92 Å². The molecular formula is C29H36ClN7O7. The van der Waals surface area contributed by atoms with Crippen LogP contribution in [0, 0.1) is 10.1 Å². The van der Waals surface area contributed by atoms with Crippen molar-refractivity contribution in [2.24, 2.45) is 16.7 Å². The van der Waals surface area contributed by atoms with E-state index >= 15 is 0 Å². The molecule has 14 nitrogen and oxygen atoms in total. The Bertz CT molecular complexity index is 1450. The molecule has 1 unspecified atom stereocenters. The maximum atomic E-state index is 12.0. The van der Waals surface area contributed by atoms with Crippen molar-refractivity contribution in [2.45, 2.75) is 58.7 Å². The number of hydrazone groups is 1. The molecule has 0 aliphatic carbocycles. The summed E-state index contributed by atoms with van der Waals surface area (Å²) in [6.45, 7) is 3.92. The summed E-state index contributed by atoms with van der Waals surface area (Å²) in [5.41, 5.74) is 9.90. The Morgan fingerprint density at radius 3 is 2.57 bits per heavy atom. The first kappa shape index (κ1) is 33.8. The zero-order chi connectivity index (χ0) is 32.1. The standard InChI is InChI=1S/C29H36ClN7O7/c1-3-4-11-26-33-27(30)25(19-38)35(26)18-21-12-14-22(15-13-21)23-9-5-6-10-24(23)28(31)34-36(32)20(2)44-29(39)42-16-7-8-17-43-37(40)41/h5-6,9-10,12-15,19-20H,3-4,7-8,11,16-18,32H2,1-2H3,(H2,31,34). The molecule has 0 radical (unpaired) electrons. The average Bonchev–Trinajstić information content (AvgIpc) is 3.30. The van der Waals surface area contributed by atoms with Gasteiger partial charge in [-0.3, -0.25) is 4.79 Å². The van der Waals surface area contributed by atoms with Crippen LogP contribution in [0.1, 0.15) is 67.0 Å². The number of rotatable bonds is 17. The second kappa shape index (κ2) is 16.8. The molecule has 0 saturated heterocycles. The number of hydrogen-bond acceptors (Lipinski definition) is 11. The molecule has 0 amide bonds. The number of aromatic nitrogens is 2. The third-order valence-electron chi connectivity index (χ3n) is 6.53. The Hall–Kier alpha value is -4.69. The molecule has 0 spiro atoms. The summed E-state index contributed by atoms with van der Waals surface area (Å²) in [6.07, 6.45) is 2.07. The van der Waals surface area contributed by atoms with Crippen LogP contribution < -0.4 is 11.6 Å². The molecule has 44 heavy (non-hydrogen) atoms. The van der Waals surface area contributed by atoms with Gasteiger partial charge in [-0.05, 0) is 42.9 Å². The quantitative estimate of drug-likeness (QED) is 0.0242. The minimum atomic E-state index is -1.01. The van der Waals surface area contributed by atoms with Crippen LogP contribution in [0.5, 0.6) is 0 Å². The van der Waals surface area contributed by atoms with Gasteiger partial charge in [0.25, 0.3) is 5.09 Å². The van der Waals surface area contributed by atoms with Crippen LogP contribution in [0.25, 0.3) is 11.1 Å². The van der Waals surface area contributed by atoms with Crippen LogP contribution in [0.15, 0.2) is 53.6 Å². The topological polar surface area (TPSA) is 190 Å². The van der Waals surface area contributed by atoms with Crippen molar-refractivity contribution in [3.63, 3.8) is 0 Å². The van der Waals surface area contributed by atoms with Gasteiger partial charge >= 0.3 is 6.16 Å². The summed E-state index contributed by atoms with van der Waals surface area (Å²) in [7, 11) is 0. The summed E-state index contributed by atoms with van der Waals surface area (Å²) >= 11 is 6.22. The highest BCUT2D eigenvalue weighted by molar-refractivity contribution is 6.31. The number of benzene rings is 2. The minimum absolute atomic E-state index is 0.0108. The molecule has 236 valence electrons. The van der Waals surface area contributed by atoms with Gasteiger partial charge in [0.2, 0.25) is 6.23 Å². The van der Waals surface area contributed by atoms with Crippen LogP contribution in [0.4, 0.5) is 4.79 Å². The molecule has 1 aromatic heterocycles. The number of carbonyl (C=O) groups is 2. The largest absolute Gasteiger partial charge is 0.510 e. The second-order valence-electron chi connectivity index (χ2n) is 9.70. The summed E-state index contributed by atoms with van der Waals surface area (Å²) in [6, 6.07) is 15.2. The Balaban J connectivity index is 1.66. The molecule has 4 N–H and O–H groups in total. The zero-order valence-electron chi connectivity index (χ0n) is 24.6. The number of aldehydes is 1. The van der Waals surface area contributed by atoms with E-state index in [0.29, 0.717) is 30.6 Å². The van der Waals surface area contributed by atoms with E-state index in [9.17, 15) is 19.7 Å². The Morgan fingerprint density at radius 2 is 1.89 bits per heavy atom. The lowest BCUT2D eigenvalue weighted by molar-refractivity contribution is -0.757. The molecule has 0 fully saturated rings. The molecule has 3 aromatic rings.